The maximum atomic E-state index is 10.4. The summed E-state index contributed by atoms with van der Waals surface area (Å²) in [6.45, 7) is 7.55. The van der Waals surface area contributed by atoms with Crippen LogP contribution in [-0.4, -0.2) is 23.7 Å². The lowest BCUT2D eigenvalue weighted by molar-refractivity contribution is -0.143. The number of rotatable bonds is 4. The van der Waals surface area contributed by atoms with Crippen molar-refractivity contribution in [3.8, 4) is 0 Å². The third-order valence-corrected chi connectivity index (χ3v) is 1.25. The fourth-order valence-electron chi connectivity index (χ4n) is 0.437. The number of hydrogen-bond donors (Lipinski definition) is 1. The monoisotopic (exact) mass is 204 g/mol. The van der Waals surface area contributed by atoms with Gasteiger partial charge < -0.3 is 9.84 Å². The number of carboxylic acid groups (broad SMARTS) is 1. The van der Waals surface area contributed by atoms with Crippen LogP contribution in [0.4, 0.5) is 0 Å². The van der Waals surface area contributed by atoms with Gasteiger partial charge in [-0.1, -0.05) is 20.8 Å². The minimum absolute atomic E-state index is 0.0880. The van der Waals surface area contributed by atoms with Crippen molar-refractivity contribution in [2.45, 2.75) is 40.5 Å². The molecule has 84 valence electrons. The van der Waals surface area contributed by atoms with E-state index in [1.165, 1.54) is 0 Å². The van der Waals surface area contributed by atoms with E-state index in [2.05, 4.69) is 4.74 Å². The number of aliphatic carboxylic acids is 1. The van der Waals surface area contributed by atoms with Gasteiger partial charge in [-0.05, 0) is 13.3 Å². The molecule has 0 aromatic heterocycles. The SMILES string of the molecule is CC(C)C(=O)O.CCCC(=O)OCC. The zero-order valence-corrected chi connectivity index (χ0v) is 9.37. The first-order valence-electron chi connectivity index (χ1n) is 4.84. The van der Waals surface area contributed by atoms with E-state index in [9.17, 15) is 9.59 Å². The summed E-state index contributed by atoms with van der Waals surface area (Å²) in [4.78, 5) is 20.1. The van der Waals surface area contributed by atoms with E-state index in [1.54, 1.807) is 13.8 Å². The van der Waals surface area contributed by atoms with Crippen molar-refractivity contribution in [3.63, 3.8) is 0 Å². The molecule has 0 heterocycles. The number of carboxylic acids is 1. The van der Waals surface area contributed by atoms with Gasteiger partial charge in [0, 0.05) is 6.42 Å². The van der Waals surface area contributed by atoms with Crippen LogP contribution in [0.1, 0.15) is 40.5 Å². The van der Waals surface area contributed by atoms with Crippen molar-refractivity contribution in [2.24, 2.45) is 5.92 Å². The van der Waals surface area contributed by atoms with Crippen LogP contribution in [0.2, 0.25) is 0 Å². The summed E-state index contributed by atoms with van der Waals surface area (Å²) < 4.78 is 4.64. The third-order valence-electron chi connectivity index (χ3n) is 1.25. The Bertz CT molecular complexity index is 156. The number of esters is 1. The predicted octanol–water partition coefficient (Wildman–Crippen LogP) is 2.08. The van der Waals surface area contributed by atoms with E-state index >= 15 is 0 Å². The summed E-state index contributed by atoms with van der Waals surface area (Å²) in [6.07, 6.45) is 1.42. The number of carbonyl (C=O) groups is 2. The first-order chi connectivity index (χ1) is 6.45. The average Bonchev–Trinajstić information content (AvgIpc) is 2.06. The molecule has 0 radical (unpaired) electrons. The van der Waals surface area contributed by atoms with E-state index in [-0.39, 0.29) is 11.9 Å². The summed E-state index contributed by atoms with van der Waals surface area (Å²) in [5.41, 5.74) is 0. The van der Waals surface area contributed by atoms with Crippen LogP contribution in [0.15, 0.2) is 0 Å². The summed E-state index contributed by atoms with van der Waals surface area (Å²) in [5, 5.41) is 7.99. The van der Waals surface area contributed by atoms with E-state index in [1.807, 2.05) is 13.8 Å². The molecule has 0 aromatic rings. The van der Waals surface area contributed by atoms with Gasteiger partial charge >= 0.3 is 11.9 Å². The molecule has 1 N–H and O–H groups in total. The van der Waals surface area contributed by atoms with E-state index in [0.717, 1.165) is 6.42 Å². The van der Waals surface area contributed by atoms with E-state index in [0.29, 0.717) is 13.0 Å². The summed E-state index contributed by atoms with van der Waals surface area (Å²) >= 11 is 0. The Kier molecular flexibility index (Phi) is 11.0. The first-order valence-corrected chi connectivity index (χ1v) is 4.84. The first kappa shape index (κ1) is 15.4. The Morgan fingerprint density at radius 2 is 1.71 bits per heavy atom. The molecule has 0 aromatic carbocycles. The molecule has 4 nitrogen and oxygen atoms in total. The summed E-state index contributed by atoms with van der Waals surface area (Å²) in [6, 6.07) is 0. The molecule has 0 unspecified atom stereocenters. The second kappa shape index (κ2) is 10.0. The van der Waals surface area contributed by atoms with Gasteiger partial charge in [0.2, 0.25) is 0 Å². The van der Waals surface area contributed by atoms with Gasteiger partial charge in [-0.2, -0.15) is 0 Å². The molecule has 0 saturated heterocycles. The molecule has 14 heavy (non-hydrogen) atoms. The van der Waals surface area contributed by atoms with Crippen LogP contribution in [0.25, 0.3) is 0 Å². The minimum Gasteiger partial charge on any atom is -0.481 e. The van der Waals surface area contributed by atoms with Crippen molar-refractivity contribution < 1.29 is 19.4 Å². The second-order valence-electron chi connectivity index (χ2n) is 3.05. The van der Waals surface area contributed by atoms with Crippen LogP contribution in [0.5, 0.6) is 0 Å². The standard InChI is InChI=1S/C6H12O2.C4H8O2/c1-3-5-6(7)8-4-2;1-3(2)4(5)6/h3-5H2,1-2H3;3H,1-2H3,(H,5,6). The van der Waals surface area contributed by atoms with Crippen LogP contribution >= 0.6 is 0 Å². The maximum absolute atomic E-state index is 10.4. The predicted molar refractivity (Wildman–Crippen MR) is 54.0 cm³/mol. The lowest BCUT2D eigenvalue weighted by atomic mass is 10.2. The molecule has 0 bridgehead atoms. The highest BCUT2D eigenvalue weighted by molar-refractivity contribution is 5.69. The Morgan fingerprint density at radius 3 is 1.93 bits per heavy atom. The lowest BCUT2D eigenvalue weighted by Gasteiger charge is -1.96. The highest BCUT2D eigenvalue weighted by Gasteiger charge is 1.99. The van der Waals surface area contributed by atoms with Crippen molar-refractivity contribution in [2.75, 3.05) is 6.61 Å². The fraction of sp³-hybridized carbons (Fsp3) is 0.800. The Balaban J connectivity index is 0. The van der Waals surface area contributed by atoms with Crippen LogP contribution in [0.3, 0.4) is 0 Å². The Morgan fingerprint density at radius 1 is 1.29 bits per heavy atom. The van der Waals surface area contributed by atoms with Gasteiger partial charge in [0.05, 0.1) is 12.5 Å². The Hall–Kier alpha value is -1.06. The second-order valence-corrected chi connectivity index (χ2v) is 3.05. The van der Waals surface area contributed by atoms with Gasteiger partial charge in [0.1, 0.15) is 0 Å². The van der Waals surface area contributed by atoms with E-state index in [4.69, 9.17) is 5.11 Å². The molecule has 0 amide bonds. The van der Waals surface area contributed by atoms with Gasteiger partial charge in [0.15, 0.2) is 0 Å². The van der Waals surface area contributed by atoms with Crippen molar-refractivity contribution in [1.82, 2.24) is 0 Å². The average molecular weight is 204 g/mol. The fourth-order valence-corrected chi connectivity index (χ4v) is 0.437. The lowest BCUT2D eigenvalue weighted by Crippen LogP contribution is -2.03. The molecule has 4 heteroatoms. The van der Waals surface area contributed by atoms with Gasteiger partial charge in [-0.3, -0.25) is 9.59 Å². The molecule has 0 aliphatic carbocycles. The topological polar surface area (TPSA) is 63.6 Å². The zero-order chi connectivity index (χ0) is 11.6. The van der Waals surface area contributed by atoms with Crippen molar-refractivity contribution >= 4 is 11.9 Å². The summed E-state index contributed by atoms with van der Waals surface area (Å²) in [7, 11) is 0. The van der Waals surface area contributed by atoms with Crippen LogP contribution in [-0.2, 0) is 14.3 Å². The van der Waals surface area contributed by atoms with Crippen molar-refractivity contribution in [3.05, 3.63) is 0 Å². The number of hydrogen-bond acceptors (Lipinski definition) is 3. The zero-order valence-electron chi connectivity index (χ0n) is 9.37. The highest BCUT2D eigenvalue weighted by Crippen LogP contribution is 1.89. The molecular formula is C10H20O4. The molecule has 0 atom stereocenters. The van der Waals surface area contributed by atoms with Crippen LogP contribution in [0, 0.1) is 5.92 Å². The molecule has 0 fully saturated rings. The van der Waals surface area contributed by atoms with Crippen molar-refractivity contribution in [1.29, 1.82) is 0 Å². The molecule has 0 rings (SSSR count). The molecule has 0 aliphatic rings. The Labute approximate surface area is 85.3 Å². The van der Waals surface area contributed by atoms with E-state index < -0.39 is 5.97 Å². The normalized spacial score (nSPS) is 8.93. The molecule has 0 spiro atoms. The summed E-state index contributed by atoms with van der Waals surface area (Å²) in [5.74, 6) is -1.06. The largest absolute Gasteiger partial charge is 0.481 e. The van der Waals surface area contributed by atoms with Crippen LogP contribution < -0.4 is 0 Å². The number of ether oxygens (including phenoxy) is 1. The smallest absolute Gasteiger partial charge is 0.305 e. The quantitative estimate of drug-likeness (QED) is 0.712. The minimum atomic E-state index is -0.741. The molecular weight excluding hydrogens is 184 g/mol. The van der Waals surface area contributed by atoms with Gasteiger partial charge in [-0.25, -0.2) is 0 Å². The molecule has 0 saturated carbocycles. The van der Waals surface area contributed by atoms with Gasteiger partial charge in [0.25, 0.3) is 0 Å². The maximum Gasteiger partial charge on any atom is 0.305 e. The number of carbonyl (C=O) groups excluding carboxylic acids is 1. The van der Waals surface area contributed by atoms with Gasteiger partial charge in [-0.15, -0.1) is 0 Å². The third kappa shape index (κ3) is 13.5. The molecule has 0 aliphatic heterocycles. The highest BCUT2D eigenvalue weighted by atomic mass is 16.5.